The molecule has 9 nitrogen and oxygen atoms in total. The molecule has 2 amide bonds. The fraction of sp³-hybridized carbons (Fsp3) is 0.625. The molecule has 0 spiro atoms. The molecule has 27 heavy (non-hydrogen) atoms. The number of nitrogens with one attached hydrogen (secondary N) is 2. The third-order valence-electron chi connectivity index (χ3n) is 4.33. The largest absolute Gasteiger partial charge is 0.469 e. The Morgan fingerprint density at radius 3 is 2.52 bits per heavy atom. The molecule has 1 aromatic heterocycles. The van der Waals surface area contributed by atoms with E-state index in [1.165, 1.54) is 12.5 Å². The van der Waals surface area contributed by atoms with Crippen molar-refractivity contribution in [2.24, 2.45) is 11.3 Å². The second-order valence-electron chi connectivity index (χ2n) is 7.12. The summed E-state index contributed by atoms with van der Waals surface area (Å²) in [6.45, 7) is 3.08. The van der Waals surface area contributed by atoms with E-state index in [0.717, 1.165) is 30.6 Å². The molecule has 0 aromatic carbocycles. The molecule has 1 fully saturated rings. The monoisotopic (exact) mass is 417 g/mol. The van der Waals surface area contributed by atoms with Crippen LogP contribution in [-0.2, 0) is 24.2 Å². The standard InChI is InChI=1S/C16H23N3O6S2/c1-16(2,15(22)25-3)7-11(20)18-19-13(21)14-17-12(8-26-14)27(23,24)9-10-5-4-6-10/h8,10H,4-7,9H2,1-3H3,(H,18,20)(H,19,21). The van der Waals surface area contributed by atoms with Crippen molar-refractivity contribution < 1.29 is 27.5 Å². The number of methoxy groups -OCH3 is 1. The van der Waals surface area contributed by atoms with Gasteiger partial charge in [-0.3, -0.25) is 25.2 Å². The minimum absolute atomic E-state index is 0.0388. The molecule has 11 heteroatoms. The molecule has 1 heterocycles. The number of thiazole rings is 1. The fourth-order valence-corrected chi connectivity index (χ4v) is 5.25. The number of esters is 1. The van der Waals surface area contributed by atoms with Gasteiger partial charge in [0, 0.05) is 11.8 Å². The highest BCUT2D eigenvalue weighted by Crippen LogP contribution is 2.30. The van der Waals surface area contributed by atoms with E-state index in [1.807, 2.05) is 0 Å². The number of carbonyl (C=O) groups is 3. The van der Waals surface area contributed by atoms with Gasteiger partial charge in [-0.2, -0.15) is 0 Å². The van der Waals surface area contributed by atoms with Crippen molar-refractivity contribution in [1.82, 2.24) is 15.8 Å². The van der Waals surface area contributed by atoms with Gasteiger partial charge in [0.15, 0.2) is 19.9 Å². The Labute approximate surface area is 161 Å². The third kappa shape index (κ3) is 5.48. The fourth-order valence-electron chi connectivity index (χ4n) is 2.54. The molecule has 1 saturated carbocycles. The van der Waals surface area contributed by atoms with Crippen LogP contribution >= 0.6 is 11.3 Å². The highest BCUT2D eigenvalue weighted by molar-refractivity contribution is 7.91. The Bertz CT molecular complexity index is 827. The predicted molar refractivity (Wildman–Crippen MR) is 97.5 cm³/mol. The zero-order valence-electron chi connectivity index (χ0n) is 15.4. The van der Waals surface area contributed by atoms with Crippen molar-refractivity contribution in [1.29, 1.82) is 0 Å². The number of sulfone groups is 1. The minimum Gasteiger partial charge on any atom is -0.469 e. The van der Waals surface area contributed by atoms with E-state index in [0.29, 0.717) is 0 Å². The molecule has 0 radical (unpaired) electrons. The summed E-state index contributed by atoms with van der Waals surface area (Å²) in [6.07, 6.45) is 2.63. The smallest absolute Gasteiger partial charge is 0.311 e. The maximum atomic E-state index is 12.3. The van der Waals surface area contributed by atoms with Crippen molar-refractivity contribution in [3.63, 3.8) is 0 Å². The molecule has 0 aliphatic heterocycles. The molecule has 1 aliphatic rings. The number of carbonyl (C=O) groups excluding carboxylic acids is 3. The second-order valence-corrected chi connectivity index (χ2v) is 9.96. The van der Waals surface area contributed by atoms with Crippen molar-refractivity contribution in [2.45, 2.75) is 44.6 Å². The van der Waals surface area contributed by atoms with E-state index in [-0.39, 0.29) is 28.1 Å². The Hall–Kier alpha value is -2.01. The van der Waals surface area contributed by atoms with Gasteiger partial charge >= 0.3 is 5.97 Å². The topological polar surface area (TPSA) is 132 Å². The Morgan fingerprint density at radius 1 is 1.30 bits per heavy atom. The van der Waals surface area contributed by atoms with Crippen LogP contribution in [0.3, 0.4) is 0 Å². The summed E-state index contributed by atoms with van der Waals surface area (Å²) in [4.78, 5) is 39.4. The van der Waals surface area contributed by atoms with E-state index in [2.05, 4.69) is 20.6 Å². The summed E-state index contributed by atoms with van der Waals surface area (Å²) in [6, 6.07) is 0. The van der Waals surface area contributed by atoms with Gasteiger partial charge in [0.25, 0.3) is 5.91 Å². The highest BCUT2D eigenvalue weighted by Gasteiger charge is 2.32. The normalized spacial score (nSPS) is 14.9. The first-order chi connectivity index (χ1) is 12.5. The zero-order chi connectivity index (χ0) is 20.2. The number of hydrogen-bond donors (Lipinski definition) is 2. The lowest BCUT2D eigenvalue weighted by Gasteiger charge is -2.24. The van der Waals surface area contributed by atoms with Crippen LogP contribution in [0, 0.1) is 11.3 Å². The van der Waals surface area contributed by atoms with E-state index >= 15 is 0 Å². The lowest BCUT2D eigenvalue weighted by Crippen LogP contribution is -2.44. The summed E-state index contributed by atoms with van der Waals surface area (Å²) in [7, 11) is -2.30. The highest BCUT2D eigenvalue weighted by atomic mass is 32.2. The van der Waals surface area contributed by atoms with Crippen LogP contribution in [0.2, 0.25) is 0 Å². The Morgan fingerprint density at radius 2 is 1.96 bits per heavy atom. The average Bonchev–Trinajstić information content (AvgIpc) is 3.06. The lowest BCUT2D eigenvalue weighted by molar-refractivity contribution is -0.153. The molecule has 0 bridgehead atoms. The summed E-state index contributed by atoms with van der Waals surface area (Å²) in [5.41, 5.74) is 3.31. The van der Waals surface area contributed by atoms with Crippen molar-refractivity contribution >= 4 is 39.0 Å². The van der Waals surface area contributed by atoms with E-state index in [9.17, 15) is 22.8 Å². The van der Waals surface area contributed by atoms with Crippen molar-refractivity contribution in [3.8, 4) is 0 Å². The van der Waals surface area contributed by atoms with Crippen LogP contribution in [0.1, 0.15) is 49.3 Å². The summed E-state index contributed by atoms with van der Waals surface area (Å²) in [5.74, 6) is -1.67. The first-order valence-corrected chi connectivity index (χ1v) is 10.9. The maximum absolute atomic E-state index is 12.3. The summed E-state index contributed by atoms with van der Waals surface area (Å²) < 4.78 is 29.2. The number of nitrogens with zero attached hydrogens (tertiary/aromatic N) is 1. The molecule has 0 unspecified atom stereocenters. The number of hydrogen-bond acceptors (Lipinski definition) is 8. The maximum Gasteiger partial charge on any atom is 0.311 e. The Kier molecular flexibility index (Phi) is 6.58. The second kappa shape index (κ2) is 8.34. The zero-order valence-corrected chi connectivity index (χ0v) is 17.0. The lowest BCUT2D eigenvalue weighted by atomic mass is 9.87. The average molecular weight is 418 g/mol. The number of amides is 2. The van der Waals surface area contributed by atoms with Gasteiger partial charge in [-0.1, -0.05) is 6.42 Å². The van der Waals surface area contributed by atoms with Crippen LogP contribution in [0.25, 0.3) is 0 Å². The molecular weight excluding hydrogens is 394 g/mol. The van der Waals surface area contributed by atoms with E-state index in [4.69, 9.17) is 0 Å². The minimum atomic E-state index is -3.52. The van der Waals surface area contributed by atoms with Gasteiger partial charge in [0.05, 0.1) is 18.3 Å². The SMILES string of the molecule is COC(=O)C(C)(C)CC(=O)NNC(=O)c1nc(S(=O)(=O)CC2CCC2)cs1. The van der Waals surface area contributed by atoms with Gasteiger partial charge < -0.3 is 4.74 Å². The van der Waals surface area contributed by atoms with E-state index < -0.39 is 33.0 Å². The number of ether oxygens (including phenoxy) is 1. The number of rotatable bonds is 7. The molecular formula is C16H23N3O6S2. The van der Waals surface area contributed by atoms with Crippen LogP contribution in [0.5, 0.6) is 0 Å². The molecule has 1 aromatic rings. The van der Waals surface area contributed by atoms with Crippen LogP contribution < -0.4 is 10.9 Å². The molecule has 0 atom stereocenters. The summed E-state index contributed by atoms with van der Waals surface area (Å²) in [5, 5.41) is 1.13. The van der Waals surface area contributed by atoms with Crippen LogP contribution in [0.4, 0.5) is 0 Å². The molecule has 150 valence electrons. The number of hydrazine groups is 1. The van der Waals surface area contributed by atoms with E-state index in [1.54, 1.807) is 13.8 Å². The van der Waals surface area contributed by atoms with Crippen LogP contribution in [0.15, 0.2) is 10.4 Å². The van der Waals surface area contributed by atoms with Crippen molar-refractivity contribution in [3.05, 3.63) is 10.4 Å². The first kappa shape index (κ1) is 21.3. The predicted octanol–water partition coefficient (Wildman–Crippen LogP) is 1.07. The van der Waals surface area contributed by atoms with Crippen molar-refractivity contribution in [2.75, 3.05) is 12.9 Å². The van der Waals surface area contributed by atoms with Gasteiger partial charge in [-0.25, -0.2) is 13.4 Å². The number of aromatic nitrogens is 1. The Balaban J connectivity index is 1.90. The van der Waals surface area contributed by atoms with Gasteiger partial charge in [-0.05, 0) is 32.6 Å². The molecule has 2 N–H and O–H groups in total. The first-order valence-electron chi connectivity index (χ1n) is 8.41. The molecule has 0 saturated heterocycles. The molecule has 1 aliphatic carbocycles. The van der Waals surface area contributed by atoms with Gasteiger partial charge in [0.1, 0.15) is 0 Å². The third-order valence-corrected chi connectivity index (χ3v) is 7.08. The molecule has 2 rings (SSSR count). The van der Waals surface area contributed by atoms with Crippen LogP contribution in [-0.4, -0.2) is 44.0 Å². The summed E-state index contributed by atoms with van der Waals surface area (Å²) >= 11 is 0.883. The van der Waals surface area contributed by atoms with Gasteiger partial charge in [-0.15, -0.1) is 11.3 Å². The van der Waals surface area contributed by atoms with Gasteiger partial charge in [0.2, 0.25) is 5.91 Å². The quantitative estimate of drug-likeness (QED) is 0.501.